The first-order valence-corrected chi connectivity index (χ1v) is 12.4. The van der Waals surface area contributed by atoms with Crippen LogP contribution in [0.5, 0.6) is 5.75 Å². The fraction of sp³-hybridized carbons (Fsp3) is 0.480. The van der Waals surface area contributed by atoms with Gasteiger partial charge in [-0.1, -0.05) is 39.8 Å². The second-order valence-corrected chi connectivity index (χ2v) is 11.1. The highest BCUT2D eigenvalue weighted by molar-refractivity contribution is 7.87. The van der Waals surface area contributed by atoms with Crippen LogP contribution in [0.4, 0.5) is 4.39 Å². The number of carbonyl (C=O) groups is 1. The third kappa shape index (κ3) is 9.14. The molecule has 0 fully saturated rings. The smallest absolute Gasteiger partial charge is 0.339 e. The van der Waals surface area contributed by atoms with Gasteiger partial charge in [-0.15, -0.1) is 0 Å². The van der Waals surface area contributed by atoms with Crippen LogP contribution in [-0.2, 0) is 26.2 Å². The number of ether oxygens (including phenoxy) is 1. The number of nitrogens with zero attached hydrogens (tertiary/aromatic N) is 1. The number of rotatable bonds is 11. The van der Waals surface area contributed by atoms with Crippen LogP contribution in [-0.4, -0.2) is 39.5 Å². The average Bonchev–Trinajstić information content (AvgIpc) is 2.69. The predicted molar refractivity (Wildman–Crippen MR) is 126 cm³/mol. The Kier molecular flexibility index (Phi) is 9.43. The highest BCUT2D eigenvalue weighted by atomic mass is 32.2. The maximum atomic E-state index is 13.1. The average molecular weight is 480 g/mol. The molecule has 0 spiro atoms. The third-order valence-corrected chi connectivity index (χ3v) is 6.24. The topological polar surface area (TPSA) is 72.9 Å². The van der Waals surface area contributed by atoms with Crippen molar-refractivity contribution < 1.29 is 26.5 Å². The molecule has 0 aliphatic rings. The summed E-state index contributed by atoms with van der Waals surface area (Å²) in [6, 6.07) is 11.0. The van der Waals surface area contributed by atoms with Crippen molar-refractivity contribution in [3.63, 3.8) is 0 Å². The molecule has 182 valence electrons. The van der Waals surface area contributed by atoms with Crippen LogP contribution in [0, 0.1) is 17.2 Å². The SMILES string of the molecule is COCCN(Cc1cccc(OS(=O)(=O)c2ccc(F)cc2)c1)C(=O)CC(C)CC(C)(C)C. The van der Waals surface area contributed by atoms with Crippen LogP contribution < -0.4 is 4.18 Å². The normalized spacial score (nSPS) is 12.9. The minimum atomic E-state index is -4.11. The van der Waals surface area contributed by atoms with Gasteiger partial charge in [-0.2, -0.15) is 8.42 Å². The fourth-order valence-electron chi connectivity index (χ4n) is 3.73. The molecule has 0 bridgehead atoms. The van der Waals surface area contributed by atoms with Crippen LogP contribution in [0.15, 0.2) is 53.4 Å². The third-order valence-electron chi connectivity index (χ3n) is 4.98. The van der Waals surface area contributed by atoms with Gasteiger partial charge in [0.25, 0.3) is 0 Å². The number of hydrogen-bond acceptors (Lipinski definition) is 5. The number of amides is 1. The summed E-state index contributed by atoms with van der Waals surface area (Å²) in [5.41, 5.74) is 0.869. The van der Waals surface area contributed by atoms with Gasteiger partial charge in [-0.05, 0) is 59.7 Å². The van der Waals surface area contributed by atoms with E-state index in [0.717, 1.165) is 36.2 Å². The van der Waals surface area contributed by atoms with E-state index in [4.69, 9.17) is 8.92 Å². The number of methoxy groups -OCH3 is 1. The fourth-order valence-corrected chi connectivity index (χ4v) is 4.65. The molecule has 0 aliphatic carbocycles. The molecule has 2 aromatic carbocycles. The highest BCUT2D eigenvalue weighted by Crippen LogP contribution is 2.27. The van der Waals surface area contributed by atoms with Gasteiger partial charge in [0.1, 0.15) is 16.5 Å². The second-order valence-electron chi connectivity index (χ2n) is 9.52. The van der Waals surface area contributed by atoms with Crippen LogP contribution in [0.2, 0.25) is 0 Å². The number of halogens is 1. The molecule has 1 amide bonds. The number of hydrogen-bond donors (Lipinski definition) is 0. The Balaban J connectivity index is 2.13. The van der Waals surface area contributed by atoms with Gasteiger partial charge >= 0.3 is 10.1 Å². The number of benzene rings is 2. The molecule has 6 nitrogen and oxygen atoms in total. The first kappa shape index (κ1) is 26.8. The standard InChI is InChI=1S/C25H34FNO5S/c1-19(17-25(2,3)4)15-24(28)27(13-14-31-5)18-20-7-6-8-22(16-20)32-33(29,30)23-11-9-21(26)10-12-23/h6-12,16,19H,13-15,17-18H2,1-5H3. The molecular formula is C25H34FNO5S. The van der Waals surface area contributed by atoms with Crippen LogP contribution >= 0.6 is 0 Å². The van der Waals surface area contributed by atoms with E-state index >= 15 is 0 Å². The quantitative estimate of drug-likeness (QED) is 0.423. The van der Waals surface area contributed by atoms with Gasteiger partial charge in [0, 0.05) is 26.6 Å². The maximum absolute atomic E-state index is 13.1. The zero-order chi connectivity index (χ0) is 24.6. The van der Waals surface area contributed by atoms with E-state index in [1.54, 1.807) is 24.1 Å². The van der Waals surface area contributed by atoms with E-state index in [2.05, 4.69) is 27.7 Å². The molecule has 1 atom stereocenters. The Morgan fingerprint density at radius 2 is 1.79 bits per heavy atom. The molecule has 2 rings (SSSR count). The summed E-state index contributed by atoms with van der Waals surface area (Å²) in [6.07, 6.45) is 1.36. The maximum Gasteiger partial charge on any atom is 0.339 e. The lowest BCUT2D eigenvalue weighted by Gasteiger charge is -2.27. The van der Waals surface area contributed by atoms with Crippen molar-refractivity contribution in [3.05, 3.63) is 59.9 Å². The van der Waals surface area contributed by atoms with Gasteiger partial charge in [0.2, 0.25) is 5.91 Å². The Hall–Kier alpha value is -2.45. The summed E-state index contributed by atoms with van der Waals surface area (Å²) < 4.78 is 48.5. The summed E-state index contributed by atoms with van der Waals surface area (Å²) in [5.74, 6) is -0.155. The van der Waals surface area contributed by atoms with Crippen LogP contribution in [0.1, 0.15) is 46.1 Å². The molecule has 8 heteroatoms. The van der Waals surface area contributed by atoms with E-state index in [1.165, 1.54) is 6.07 Å². The minimum Gasteiger partial charge on any atom is -0.383 e. The molecule has 1 unspecified atom stereocenters. The lowest BCUT2D eigenvalue weighted by atomic mass is 9.84. The first-order chi connectivity index (χ1) is 15.4. The Morgan fingerprint density at radius 3 is 2.39 bits per heavy atom. The van der Waals surface area contributed by atoms with Crippen molar-refractivity contribution in [1.29, 1.82) is 0 Å². The summed E-state index contributed by atoms with van der Waals surface area (Å²) >= 11 is 0. The van der Waals surface area contributed by atoms with Crippen molar-refractivity contribution in [2.45, 2.75) is 52.0 Å². The highest BCUT2D eigenvalue weighted by Gasteiger charge is 2.22. The van der Waals surface area contributed by atoms with E-state index in [1.807, 2.05) is 6.07 Å². The molecule has 0 radical (unpaired) electrons. The Morgan fingerprint density at radius 1 is 1.12 bits per heavy atom. The lowest BCUT2D eigenvalue weighted by molar-refractivity contribution is -0.133. The van der Waals surface area contributed by atoms with E-state index in [0.29, 0.717) is 26.1 Å². The van der Waals surface area contributed by atoms with Crippen molar-refractivity contribution in [1.82, 2.24) is 4.90 Å². The molecule has 2 aromatic rings. The molecule has 0 aromatic heterocycles. The zero-order valence-electron chi connectivity index (χ0n) is 20.0. The van der Waals surface area contributed by atoms with E-state index in [-0.39, 0.29) is 27.9 Å². The van der Waals surface area contributed by atoms with Gasteiger partial charge in [-0.25, -0.2) is 4.39 Å². The van der Waals surface area contributed by atoms with Gasteiger partial charge in [0.05, 0.1) is 6.61 Å². The van der Waals surface area contributed by atoms with Crippen molar-refractivity contribution in [2.24, 2.45) is 11.3 Å². The second kappa shape index (κ2) is 11.6. The molecule has 33 heavy (non-hydrogen) atoms. The first-order valence-electron chi connectivity index (χ1n) is 11.0. The lowest BCUT2D eigenvalue weighted by Crippen LogP contribution is -2.34. The molecule has 0 aliphatic heterocycles. The van der Waals surface area contributed by atoms with Crippen LogP contribution in [0.25, 0.3) is 0 Å². The predicted octanol–water partition coefficient (Wildman–Crippen LogP) is 5.03. The monoisotopic (exact) mass is 479 g/mol. The van der Waals surface area contributed by atoms with Gasteiger partial charge in [0.15, 0.2) is 0 Å². The van der Waals surface area contributed by atoms with Crippen molar-refractivity contribution in [2.75, 3.05) is 20.3 Å². The van der Waals surface area contributed by atoms with E-state index < -0.39 is 15.9 Å². The molecule has 0 saturated carbocycles. The van der Waals surface area contributed by atoms with Gasteiger partial charge < -0.3 is 13.8 Å². The summed E-state index contributed by atoms with van der Waals surface area (Å²) in [6.45, 7) is 9.67. The zero-order valence-corrected chi connectivity index (χ0v) is 20.8. The number of carbonyl (C=O) groups excluding carboxylic acids is 1. The molecule has 0 heterocycles. The Labute approximate surface area is 196 Å². The minimum absolute atomic E-state index is 0.0223. The Bertz CT molecular complexity index is 1020. The van der Waals surface area contributed by atoms with E-state index in [9.17, 15) is 17.6 Å². The summed E-state index contributed by atoms with van der Waals surface area (Å²) in [5, 5.41) is 0. The van der Waals surface area contributed by atoms with Crippen molar-refractivity contribution >= 4 is 16.0 Å². The van der Waals surface area contributed by atoms with Gasteiger partial charge in [-0.3, -0.25) is 4.79 Å². The molecule has 0 saturated heterocycles. The molecular weight excluding hydrogens is 445 g/mol. The summed E-state index contributed by atoms with van der Waals surface area (Å²) in [7, 11) is -2.52. The summed E-state index contributed by atoms with van der Waals surface area (Å²) in [4.78, 5) is 14.6. The van der Waals surface area contributed by atoms with Crippen LogP contribution in [0.3, 0.4) is 0 Å². The largest absolute Gasteiger partial charge is 0.383 e. The molecule has 0 N–H and O–H groups in total. The van der Waals surface area contributed by atoms with Crippen molar-refractivity contribution in [3.8, 4) is 5.75 Å².